The van der Waals surface area contributed by atoms with Crippen LogP contribution in [0.1, 0.15) is 27.0 Å². The van der Waals surface area contributed by atoms with Gasteiger partial charge in [0.25, 0.3) is 15.9 Å². The van der Waals surface area contributed by atoms with E-state index in [1.807, 2.05) is 32.0 Å². The maximum absolute atomic E-state index is 12.9. The Balaban J connectivity index is 1.84. The number of hydrogen-bond donors (Lipinski definition) is 1. The molecular weight excluding hydrogens is 384 g/mol. The molecule has 0 bridgehead atoms. The van der Waals surface area contributed by atoms with E-state index in [1.54, 1.807) is 55.5 Å². The quantitative estimate of drug-likeness (QED) is 0.666. The lowest BCUT2D eigenvalue weighted by Crippen LogP contribution is -2.27. The number of rotatable bonds is 5. The number of amides is 1. The molecule has 1 amide bonds. The van der Waals surface area contributed by atoms with Crippen LogP contribution in [0.25, 0.3) is 0 Å². The van der Waals surface area contributed by atoms with Crippen molar-refractivity contribution in [1.29, 1.82) is 0 Å². The highest BCUT2D eigenvalue weighted by atomic mass is 32.2. The van der Waals surface area contributed by atoms with Gasteiger partial charge in [-0.05, 0) is 79.9 Å². The fourth-order valence-corrected chi connectivity index (χ4v) is 4.33. The van der Waals surface area contributed by atoms with Crippen LogP contribution in [0.15, 0.2) is 71.6 Å². The number of sulfonamides is 1. The van der Waals surface area contributed by atoms with Gasteiger partial charge >= 0.3 is 0 Å². The number of hydrogen-bond acceptors (Lipinski definition) is 3. The van der Waals surface area contributed by atoms with Gasteiger partial charge in [-0.1, -0.05) is 24.3 Å². The van der Waals surface area contributed by atoms with Crippen molar-refractivity contribution in [2.24, 2.45) is 0 Å². The number of benzene rings is 3. The minimum Gasteiger partial charge on any atom is -0.322 e. The molecule has 0 aliphatic carbocycles. The summed E-state index contributed by atoms with van der Waals surface area (Å²) < 4.78 is 26.9. The lowest BCUT2D eigenvalue weighted by Gasteiger charge is -2.22. The third kappa shape index (κ3) is 4.32. The van der Waals surface area contributed by atoms with E-state index in [-0.39, 0.29) is 10.8 Å². The minimum absolute atomic E-state index is 0.221. The molecule has 0 unspecified atom stereocenters. The Labute approximate surface area is 172 Å². The lowest BCUT2D eigenvalue weighted by atomic mass is 10.1. The fourth-order valence-electron chi connectivity index (χ4n) is 3.05. The largest absolute Gasteiger partial charge is 0.322 e. The van der Waals surface area contributed by atoms with E-state index in [2.05, 4.69) is 5.32 Å². The summed E-state index contributed by atoms with van der Waals surface area (Å²) in [5.41, 5.74) is 4.67. The van der Waals surface area contributed by atoms with Gasteiger partial charge in [-0.25, -0.2) is 8.42 Å². The van der Waals surface area contributed by atoms with Crippen molar-refractivity contribution >= 4 is 27.3 Å². The van der Waals surface area contributed by atoms with E-state index >= 15 is 0 Å². The molecule has 1 N–H and O–H groups in total. The number of nitrogens with zero attached hydrogens (tertiary/aromatic N) is 1. The molecule has 3 rings (SSSR count). The second-order valence-corrected chi connectivity index (χ2v) is 9.01. The summed E-state index contributed by atoms with van der Waals surface area (Å²) in [6.07, 6.45) is 0. The van der Waals surface area contributed by atoms with Gasteiger partial charge in [0.1, 0.15) is 0 Å². The number of aryl methyl sites for hydroxylation is 3. The van der Waals surface area contributed by atoms with Crippen LogP contribution >= 0.6 is 0 Å². The van der Waals surface area contributed by atoms with E-state index in [9.17, 15) is 13.2 Å². The van der Waals surface area contributed by atoms with Crippen molar-refractivity contribution in [2.45, 2.75) is 25.7 Å². The molecule has 0 aliphatic rings. The molecular formula is C23H24N2O3S. The summed E-state index contributed by atoms with van der Waals surface area (Å²) in [4.78, 5) is 12.8. The Morgan fingerprint density at radius 1 is 0.828 bits per heavy atom. The van der Waals surface area contributed by atoms with Gasteiger partial charge in [0, 0.05) is 18.3 Å². The van der Waals surface area contributed by atoms with Crippen molar-refractivity contribution < 1.29 is 13.2 Å². The van der Waals surface area contributed by atoms with Gasteiger partial charge in [-0.3, -0.25) is 9.10 Å². The Morgan fingerprint density at radius 2 is 1.52 bits per heavy atom. The van der Waals surface area contributed by atoms with E-state index in [4.69, 9.17) is 0 Å². The maximum atomic E-state index is 12.9. The summed E-state index contributed by atoms with van der Waals surface area (Å²) in [6.45, 7) is 5.80. The molecule has 5 nitrogen and oxygen atoms in total. The van der Waals surface area contributed by atoms with E-state index in [0.717, 1.165) is 16.8 Å². The number of nitrogens with one attached hydrogen (secondary N) is 1. The molecule has 6 heteroatoms. The third-order valence-electron chi connectivity index (χ3n) is 4.96. The Morgan fingerprint density at radius 3 is 2.14 bits per heavy atom. The molecule has 0 aromatic heterocycles. The second-order valence-electron chi connectivity index (χ2n) is 7.04. The zero-order valence-electron chi connectivity index (χ0n) is 16.9. The summed E-state index contributed by atoms with van der Waals surface area (Å²) in [5, 5.41) is 2.89. The van der Waals surface area contributed by atoms with Gasteiger partial charge in [0.05, 0.1) is 10.6 Å². The smallest absolute Gasteiger partial charge is 0.264 e. The lowest BCUT2D eigenvalue weighted by molar-refractivity contribution is 0.102. The van der Waals surface area contributed by atoms with Crippen LogP contribution in [-0.4, -0.2) is 21.4 Å². The van der Waals surface area contributed by atoms with Crippen LogP contribution in [0.5, 0.6) is 0 Å². The number of carbonyl (C=O) groups is 1. The average Bonchev–Trinajstić information content (AvgIpc) is 2.70. The van der Waals surface area contributed by atoms with Crippen LogP contribution in [0.3, 0.4) is 0 Å². The molecule has 0 saturated carbocycles. The summed E-state index contributed by atoms with van der Waals surface area (Å²) in [7, 11) is -2.16. The predicted octanol–water partition coefficient (Wildman–Crippen LogP) is 4.69. The molecule has 0 heterocycles. The average molecular weight is 409 g/mol. The van der Waals surface area contributed by atoms with Crippen LogP contribution in [0.2, 0.25) is 0 Å². The normalized spacial score (nSPS) is 11.2. The molecule has 0 saturated heterocycles. The molecule has 29 heavy (non-hydrogen) atoms. The summed E-state index contributed by atoms with van der Waals surface area (Å²) >= 11 is 0. The first-order valence-corrected chi connectivity index (χ1v) is 10.7. The first-order chi connectivity index (χ1) is 13.7. The van der Waals surface area contributed by atoms with E-state index < -0.39 is 10.0 Å². The van der Waals surface area contributed by atoms with Crippen LogP contribution in [0.4, 0.5) is 11.4 Å². The topological polar surface area (TPSA) is 66.5 Å². The van der Waals surface area contributed by atoms with Crippen LogP contribution in [0, 0.1) is 20.8 Å². The highest BCUT2D eigenvalue weighted by molar-refractivity contribution is 7.92. The fraction of sp³-hybridized carbons (Fsp3) is 0.174. The maximum Gasteiger partial charge on any atom is 0.264 e. The summed E-state index contributed by atoms with van der Waals surface area (Å²) in [5.74, 6) is -0.239. The van der Waals surface area contributed by atoms with Crippen LogP contribution in [-0.2, 0) is 10.0 Å². The molecule has 3 aromatic rings. The molecule has 0 radical (unpaired) electrons. The van der Waals surface area contributed by atoms with E-state index in [1.165, 1.54) is 11.4 Å². The molecule has 0 spiro atoms. The highest BCUT2D eigenvalue weighted by Gasteiger charge is 2.22. The monoisotopic (exact) mass is 408 g/mol. The van der Waals surface area contributed by atoms with Gasteiger partial charge in [-0.2, -0.15) is 0 Å². The van der Waals surface area contributed by atoms with Gasteiger partial charge in [0.2, 0.25) is 0 Å². The standard InChI is InChI=1S/C23H24N2O3S/c1-16-10-12-20(15-17(16)2)24-23(26)19-11-13-22(18(3)14-19)25(4)29(27,28)21-8-6-5-7-9-21/h5-15H,1-4H3,(H,24,26). The zero-order valence-corrected chi connectivity index (χ0v) is 17.7. The molecule has 150 valence electrons. The predicted molar refractivity (Wildman–Crippen MR) is 117 cm³/mol. The van der Waals surface area contributed by atoms with Gasteiger partial charge in [0.15, 0.2) is 0 Å². The number of carbonyl (C=O) groups excluding carboxylic acids is 1. The van der Waals surface area contributed by atoms with Crippen LogP contribution < -0.4 is 9.62 Å². The van der Waals surface area contributed by atoms with Crippen molar-refractivity contribution in [3.8, 4) is 0 Å². The Kier molecular flexibility index (Phi) is 5.75. The van der Waals surface area contributed by atoms with Crippen molar-refractivity contribution in [3.63, 3.8) is 0 Å². The zero-order chi connectivity index (χ0) is 21.2. The first kappa shape index (κ1) is 20.6. The minimum atomic E-state index is -3.67. The molecule has 0 fully saturated rings. The van der Waals surface area contributed by atoms with Crippen molar-refractivity contribution in [3.05, 3.63) is 89.0 Å². The molecule has 0 atom stereocenters. The van der Waals surface area contributed by atoms with Crippen molar-refractivity contribution in [1.82, 2.24) is 0 Å². The summed E-state index contributed by atoms with van der Waals surface area (Å²) in [6, 6.07) is 19.0. The molecule has 3 aromatic carbocycles. The van der Waals surface area contributed by atoms with E-state index in [0.29, 0.717) is 16.8 Å². The Bertz CT molecular complexity index is 1160. The second kappa shape index (κ2) is 8.09. The van der Waals surface area contributed by atoms with Gasteiger partial charge < -0.3 is 5.32 Å². The van der Waals surface area contributed by atoms with Gasteiger partial charge in [-0.15, -0.1) is 0 Å². The SMILES string of the molecule is Cc1ccc(NC(=O)c2ccc(N(C)S(=O)(=O)c3ccccc3)c(C)c2)cc1C. The first-order valence-electron chi connectivity index (χ1n) is 9.23. The third-order valence-corrected chi connectivity index (χ3v) is 6.75. The Hall–Kier alpha value is -3.12. The molecule has 0 aliphatic heterocycles. The number of anilines is 2. The highest BCUT2D eigenvalue weighted by Crippen LogP contribution is 2.26. The van der Waals surface area contributed by atoms with Crippen molar-refractivity contribution in [2.75, 3.05) is 16.7 Å².